The first kappa shape index (κ1) is 15.3. The number of rotatable bonds is 3. The van der Waals surface area contributed by atoms with Gasteiger partial charge in [0.25, 0.3) is 5.91 Å². The fourth-order valence-electron chi connectivity index (χ4n) is 1.71. The summed E-state index contributed by atoms with van der Waals surface area (Å²) >= 11 is 11.7. The van der Waals surface area contributed by atoms with Crippen LogP contribution >= 0.6 is 23.2 Å². The van der Waals surface area contributed by atoms with Crippen molar-refractivity contribution in [2.24, 2.45) is 0 Å². The molecule has 1 amide bonds. The van der Waals surface area contributed by atoms with Crippen molar-refractivity contribution in [3.8, 4) is 0 Å². The zero-order valence-corrected chi connectivity index (χ0v) is 11.9. The predicted molar refractivity (Wildman–Crippen MR) is 77.8 cm³/mol. The summed E-state index contributed by atoms with van der Waals surface area (Å²) in [4.78, 5) is 23.1. The molecule has 0 aliphatic heterocycles. The second-order valence-corrected chi connectivity index (χ2v) is 4.89. The molecule has 0 aromatic heterocycles. The number of carbonyl (C=O) groups excluding carboxylic acids is 1. The summed E-state index contributed by atoms with van der Waals surface area (Å²) in [5, 5.41) is 11.7. The average molecular weight is 328 g/mol. The Kier molecular flexibility index (Phi) is 4.45. The van der Waals surface area contributed by atoms with E-state index in [0.717, 1.165) is 6.07 Å². The second kappa shape index (κ2) is 6.11. The third kappa shape index (κ3) is 3.32. The van der Waals surface area contributed by atoms with Crippen molar-refractivity contribution in [3.05, 3.63) is 63.4 Å². The number of nitrogens with one attached hydrogen (secondary N) is 1. The summed E-state index contributed by atoms with van der Waals surface area (Å²) in [7, 11) is 0. The second-order valence-electron chi connectivity index (χ2n) is 4.05. The van der Waals surface area contributed by atoms with Gasteiger partial charge in [0, 0.05) is 5.02 Å². The molecule has 0 spiro atoms. The maximum Gasteiger partial charge on any atom is 0.340 e. The van der Waals surface area contributed by atoms with Crippen LogP contribution in [0, 0.1) is 5.82 Å². The van der Waals surface area contributed by atoms with Gasteiger partial charge in [0.1, 0.15) is 11.4 Å². The molecule has 0 atom stereocenters. The van der Waals surface area contributed by atoms with Gasteiger partial charge < -0.3 is 10.4 Å². The van der Waals surface area contributed by atoms with E-state index in [0.29, 0.717) is 5.02 Å². The number of benzene rings is 2. The van der Waals surface area contributed by atoms with Gasteiger partial charge in [-0.15, -0.1) is 0 Å². The molecule has 0 unspecified atom stereocenters. The Labute approximate surface area is 129 Å². The van der Waals surface area contributed by atoms with Gasteiger partial charge in [0.2, 0.25) is 0 Å². The van der Waals surface area contributed by atoms with Crippen LogP contribution in [0.15, 0.2) is 36.4 Å². The molecule has 0 heterocycles. The number of aromatic carboxylic acids is 1. The third-order valence-corrected chi connectivity index (χ3v) is 3.21. The van der Waals surface area contributed by atoms with Gasteiger partial charge >= 0.3 is 5.97 Å². The van der Waals surface area contributed by atoms with Crippen LogP contribution in [0.25, 0.3) is 0 Å². The van der Waals surface area contributed by atoms with Gasteiger partial charge in [-0.3, -0.25) is 4.79 Å². The molecule has 4 nitrogen and oxygen atoms in total. The minimum absolute atomic E-state index is 0.0600. The van der Waals surface area contributed by atoms with Crippen LogP contribution < -0.4 is 5.32 Å². The number of carboxylic acids is 1. The average Bonchev–Trinajstić information content (AvgIpc) is 2.41. The van der Waals surface area contributed by atoms with Gasteiger partial charge in [-0.25, -0.2) is 9.18 Å². The lowest BCUT2D eigenvalue weighted by atomic mass is 10.1. The zero-order chi connectivity index (χ0) is 15.6. The van der Waals surface area contributed by atoms with Crippen molar-refractivity contribution in [1.29, 1.82) is 0 Å². The first-order chi connectivity index (χ1) is 9.90. The van der Waals surface area contributed by atoms with E-state index < -0.39 is 23.3 Å². The molecule has 0 fully saturated rings. The lowest BCUT2D eigenvalue weighted by Crippen LogP contribution is -2.16. The number of halogens is 3. The Morgan fingerprint density at radius 2 is 1.86 bits per heavy atom. The van der Waals surface area contributed by atoms with E-state index >= 15 is 0 Å². The lowest BCUT2D eigenvalue weighted by Gasteiger charge is -2.10. The Morgan fingerprint density at radius 1 is 1.14 bits per heavy atom. The zero-order valence-electron chi connectivity index (χ0n) is 10.4. The molecule has 21 heavy (non-hydrogen) atoms. The topological polar surface area (TPSA) is 66.4 Å². The van der Waals surface area contributed by atoms with Crippen molar-refractivity contribution < 1.29 is 19.1 Å². The van der Waals surface area contributed by atoms with Crippen LogP contribution in [0.1, 0.15) is 20.7 Å². The summed E-state index contributed by atoms with van der Waals surface area (Å²) in [6, 6.07) is 7.83. The maximum atomic E-state index is 13.5. The summed E-state index contributed by atoms with van der Waals surface area (Å²) in [5.74, 6) is -3.12. The van der Waals surface area contributed by atoms with Crippen LogP contribution in [0.2, 0.25) is 10.0 Å². The fraction of sp³-hybridized carbons (Fsp3) is 0. The van der Waals surface area contributed by atoms with E-state index in [9.17, 15) is 14.0 Å². The molecule has 0 saturated heterocycles. The SMILES string of the molecule is O=C(Nc1cccc(F)c1C(=O)O)c1cc(Cl)ccc1Cl. The number of amides is 1. The minimum atomic E-state index is -1.49. The molecular formula is C14H8Cl2FNO3. The Balaban J connectivity index is 2.39. The fourth-order valence-corrected chi connectivity index (χ4v) is 2.08. The molecule has 2 rings (SSSR count). The minimum Gasteiger partial charge on any atom is -0.478 e. The third-order valence-electron chi connectivity index (χ3n) is 2.65. The van der Waals surface area contributed by atoms with E-state index in [1.54, 1.807) is 0 Å². The highest BCUT2D eigenvalue weighted by molar-refractivity contribution is 6.36. The highest BCUT2D eigenvalue weighted by atomic mass is 35.5. The van der Waals surface area contributed by atoms with Crippen LogP contribution in [0.4, 0.5) is 10.1 Å². The van der Waals surface area contributed by atoms with Crippen molar-refractivity contribution in [3.63, 3.8) is 0 Å². The summed E-state index contributed by atoms with van der Waals surface area (Å²) in [6.07, 6.45) is 0. The summed E-state index contributed by atoms with van der Waals surface area (Å²) in [5.41, 5.74) is -0.725. The monoisotopic (exact) mass is 327 g/mol. The molecule has 2 N–H and O–H groups in total. The quantitative estimate of drug-likeness (QED) is 0.892. The maximum absolute atomic E-state index is 13.5. The van der Waals surface area contributed by atoms with E-state index in [1.807, 2.05) is 0 Å². The van der Waals surface area contributed by atoms with Crippen LogP contribution in [-0.4, -0.2) is 17.0 Å². The molecular weight excluding hydrogens is 320 g/mol. The molecule has 0 aliphatic carbocycles. The number of hydrogen-bond acceptors (Lipinski definition) is 2. The van der Waals surface area contributed by atoms with Crippen LogP contribution in [0.3, 0.4) is 0 Å². The summed E-state index contributed by atoms with van der Waals surface area (Å²) in [6.45, 7) is 0. The van der Waals surface area contributed by atoms with E-state index in [2.05, 4.69) is 5.32 Å². The Morgan fingerprint density at radius 3 is 2.52 bits per heavy atom. The largest absolute Gasteiger partial charge is 0.478 e. The van der Waals surface area contributed by atoms with E-state index in [4.69, 9.17) is 28.3 Å². The Hall–Kier alpha value is -2.11. The first-order valence-corrected chi connectivity index (χ1v) is 6.44. The molecule has 2 aromatic rings. The first-order valence-electron chi connectivity index (χ1n) is 5.68. The van der Waals surface area contributed by atoms with Crippen LogP contribution in [0.5, 0.6) is 0 Å². The Bertz CT molecular complexity index is 734. The lowest BCUT2D eigenvalue weighted by molar-refractivity contribution is 0.0693. The number of carbonyl (C=O) groups is 2. The van der Waals surface area contributed by atoms with E-state index in [1.165, 1.54) is 30.3 Å². The van der Waals surface area contributed by atoms with Gasteiger partial charge in [-0.05, 0) is 30.3 Å². The number of hydrogen-bond donors (Lipinski definition) is 2. The molecule has 108 valence electrons. The highest BCUT2D eigenvalue weighted by Gasteiger charge is 2.19. The standard InChI is InChI=1S/C14H8Cl2FNO3/c15-7-4-5-9(16)8(6-7)13(19)18-11-3-1-2-10(17)12(11)14(20)21/h1-6H,(H,18,19)(H,20,21). The molecule has 0 aliphatic rings. The molecule has 7 heteroatoms. The normalized spacial score (nSPS) is 10.2. The molecule has 0 saturated carbocycles. The van der Waals surface area contributed by atoms with Crippen molar-refractivity contribution in [2.75, 3.05) is 5.32 Å². The predicted octanol–water partition coefficient (Wildman–Crippen LogP) is 4.08. The number of carboxylic acid groups (broad SMARTS) is 1. The van der Waals surface area contributed by atoms with Gasteiger partial charge in [0.15, 0.2) is 0 Å². The van der Waals surface area contributed by atoms with Gasteiger partial charge in [-0.1, -0.05) is 29.3 Å². The molecule has 0 radical (unpaired) electrons. The smallest absolute Gasteiger partial charge is 0.340 e. The van der Waals surface area contributed by atoms with Crippen LogP contribution in [-0.2, 0) is 0 Å². The summed E-state index contributed by atoms with van der Waals surface area (Å²) < 4.78 is 13.5. The van der Waals surface area contributed by atoms with E-state index in [-0.39, 0.29) is 16.3 Å². The number of anilines is 1. The van der Waals surface area contributed by atoms with Crippen molar-refractivity contribution in [1.82, 2.24) is 0 Å². The van der Waals surface area contributed by atoms with Crippen molar-refractivity contribution in [2.45, 2.75) is 0 Å². The van der Waals surface area contributed by atoms with Crippen molar-refractivity contribution >= 4 is 40.8 Å². The molecule has 2 aromatic carbocycles. The molecule has 0 bridgehead atoms. The van der Waals surface area contributed by atoms with Gasteiger partial charge in [-0.2, -0.15) is 0 Å². The highest BCUT2D eigenvalue weighted by Crippen LogP contribution is 2.24. The van der Waals surface area contributed by atoms with Gasteiger partial charge in [0.05, 0.1) is 16.3 Å².